The maximum absolute atomic E-state index is 13.7. The van der Waals surface area contributed by atoms with Crippen LogP contribution in [0.4, 0.5) is 10.1 Å². The number of hydrogen-bond donors (Lipinski definition) is 1. The van der Waals surface area contributed by atoms with Crippen LogP contribution < -0.4 is 5.32 Å². The molecule has 0 aliphatic heterocycles. The first-order valence-corrected chi connectivity index (χ1v) is 7.59. The van der Waals surface area contributed by atoms with Crippen molar-refractivity contribution in [2.75, 3.05) is 5.32 Å². The van der Waals surface area contributed by atoms with Gasteiger partial charge in [0.25, 0.3) is 0 Å². The largest absolute Gasteiger partial charge is 0.375 e. The van der Waals surface area contributed by atoms with Gasteiger partial charge in [0.15, 0.2) is 0 Å². The molecule has 1 unspecified atom stereocenters. The molecule has 4 heteroatoms. The van der Waals surface area contributed by atoms with Crippen LogP contribution >= 0.6 is 11.3 Å². The number of anilines is 1. The molecule has 1 heterocycles. The van der Waals surface area contributed by atoms with E-state index in [4.69, 9.17) is 0 Å². The highest BCUT2D eigenvalue weighted by Gasteiger charge is 2.22. The van der Waals surface area contributed by atoms with Crippen molar-refractivity contribution in [2.24, 2.45) is 0 Å². The fourth-order valence-electron chi connectivity index (χ4n) is 2.01. The summed E-state index contributed by atoms with van der Waals surface area (Å²) in [6, 6.07) is 6.79. The predicted molar refractivity (Wildman–Crippen MR) is 84.0 cm³/mol. The van der Waals surface area contributed by atoms with Gasteiger partial charge < -0.3 is 5.32 Å². The summed E-state index contributed by atoms with van der Waals surface area (Å²) in [5, 5.41) is 4.35. The Bertz CT molecular complexity index is 599. The number of benzene rings is 1. The fourth-order valence-corrected chi connectivity index (χ4v) is 3.13. The standard InChI is InChI=1S/C16H21FN2S/c1-10(18-13-9-7-6-8-12(13)17)14-11(2)19-15(20-14)16(3,4)5/h6-10,18H,1-5H3. The van der Waals surface area contributed by atoms with Crippen LogP contribution in [0.25, 0.3) is 0 Å². The van der Waals surface area contributed by atoms with E-state index in [0.29, 0.717) is 5.69 Å². The second-order valence-corrected chi connectivity index (χ2v) is 7.10. The smallest absolute Gasteiger partial charge is 0.146 e. The Hall–Kier alpha value is -1.42. The van der Waals surface area contributed by atoms with Gasteiger partial charge in [-0.3, -0.25) is 0 Å². The van der Waals surface area contributed by atoms with E-state index in [1.54, 1.807) is 23.5 Å². The zero-order chi connectivity index (χ0) is 14.9. The molecule has 0 aliphatic rings. The molecule has 20 heavy (non-hydrogen) atoms. The number of halogens is 1. The van der Waals surface area contributed by atoms with Gasteiger partial charge in [0, 0.05) is 10.3 Å². The molecule has 0 saturated carbocycles. The average molecular weight is 292 g/mol. The summed E-state index contributed by atoms with van der Waals surface area (Å²) < 4.78 is 13.7. The number of aryl methyl sites for hydroxylation is 1. The molecule has 0 spiro atoms. The Labute approximate surface area is 124 Å². The average Bonchev–Trinajstić information content (AvgIpc) is 2.74. The topological polar surface area (TPSA) is 24.9 Å². The highest BCUT2D eigenvalue weighted by atomic mass is 32.1. The molecule has 2 nitrogen and oxygen atoms in total. The molecular weight excluding hydrogens is 271 g/mol. The number of nitrogens with zero attached hydrogens (tertiary/aromatic N) is 1. The second-order valence-electron chi connectivity index (χ2n) is 6.06. The molecule has 0 bridgehead atoms. The van der Waals surface area contributed by atoms with Gasteiger partial charge in [-0.15, -0.1) is 11.3 Å². The number of nitrogens with one attached hydrogen (secondary N) is 1. The Morgan fingerprint density at radius 2 is 1.90 bits per heavy atom. The molecule has 2 rings (SSSR count). The van der Waals surface area contributed by atoms with Crippen molar-refractivity contribution in [3.05, 3.63) is 45.7 Å². The fraction of sp³-hybridized carbons (Fsp3) is 0.438. The summed E-state index contributed by atoms with van der Waals surface area (Å²) in [4.78, 5) is 5.82. The van der Waals surface area contributed by atoms with Crippen molar-refractivity contribution in [1.29, 1.82) is 0 Å². The Balaban J connectivity index is 2.24. The van der Waals surface area contributed by atoms with E-state index in [2.05, 4.69) is 31.1 Å². The molecule has 1 N–H and O–H groups in total. The van der Waals surface area contributed by atoms with E-state index in [1.807, 2.05) is 19.9 Å². The van der Waals surface area contributed by atoms with Gasteiger partial charge in [0.05, 0.1) is 22.4 Å². The Morgan fingerprint density at radius 1 is 1.25 bits per heavy atom. The molecule has 1 aromatic carbocycles. The molecule has 0 aliphatic carbocycles. The Kier molecular flexibility index (Phi) is 4.14. The van der Waals surface area contributed by atoms with Gasteiger partial charge in [-0.1, -0.05) is 32.9 Å². The number of aromatic nitrogens is 1. The summed E-state index contributed by atoms with van der Waals surface area (Å²) in [5.41, 5.74) is 1.60. The molecule has 0 saturated heterocycles. The maximum atomic E-state index is 13.7. The van der Waals surface area contributed by atoms with E-state index < -0.39 is 0 Å². The van der Waals surface area contributed by atoms with E-state index in [0.717, 1.165) is 15.6 Å². The lowest BCUT2D eigenvalue weighted by Crippen LogP contribution is -2.10. The van der Waals surface area contributed by atoms with Crippen molar-refractivity contribution in [3.63, 3.8) is 0 Å². The van der Waals surface area contributed by atoms with Gasteiger partial charge in [-0.25, -0.2) is 9.37 Å². The first kappa shape index (κ1) is 15.0. The molecule has 108 valence electrons. The molecular formula is C16H21FN2S. The Morgan fingerprint density at radius 3 is 2.45 bits per heavy atom. The lowest BCUT2D eigenvalue weighted by atomic mass is 9.98. The SMILES string of the molecule is Cc1nc(C(C)(C)C)sc1C(C)Nc1ccccc1F. The second kappa shape index (κ2) is 5.52. The minimum atomic E-state index is -0.224. The van der Waals surface area contributed by atoms with Crippen molar-refractivity contribution in [3.8, 4) is 0 Å². The molecule has 1 atom stereocenters. The van der Waals surface area contributed by atoms with E-state index in [-0.39, 0.29) is 17.3 Å². The van der Waals surface area contributed by atoms with E-state index in [9.17, 15) is 4.39 Å². The monoisotopic (exact) mass is 292 g/mol. The quantitative estimate of drug-likeness (QED) is 0.855. The van der Waals surface area contributed by atoms with Gasteiger partial charge in [0.2, 0.25) is 0 Å². The van der Waals surface area contributed by atoms with Crippen LogP contribution in [0, 0.1) is 12.7 Å². The number of thiazole rings is 1. The van der Waals surface area contributed by atoms with Crippen LogP contribution in [-0.4, -0.2) is 4.98 Å². The van der Waals surface area contributed by atoms with Crippen molar-refractivity contribution in [2.45, 2.75) is 46.1 Å². The van der Waals surface area contributed by atoms with Gasteiger partial charge in [-0.05, 0) is 26.0 Å². The minimum Gasteiger partial charge on any atom is -0.375 e. The summed E-state index contributed by atoms with van der Waals surface area (Å²) in [6.45, 7) is 10.5. The van der Waals surface area contributed by atoms with Crippen LogP contribution in [-0.2, 0) is 5.41 Å². The third kappa shape index (κ3) is 3.18. The number of rotatable bonds is 3. The molecule has 1 aromatic heterocycles. The molecule has 0 amide bonds. The van der Waals surface area contributed by atoms with Crippen LogP contribution in [0.3, 0.4) is 0 Å². The molecule has 0 fully saturated rings. The van der Waals surface area contributed by atoms with Crippen LogP contribution in [0.5, 0.6) is 0 Å². The van der Waals surface area contributed by atoms with E-state index in [1.165, 1.54) is 6.07 Å². The van der Waals surface area contributed by atoms with Gasteiger partial charge in [-0.2, -0.15) is 0 Å². The highest BCUT2D eigenvalue weighted by molar-refractivity contribution is 7.12. The van der Waals surface area contributed by atoms with Gasteiger partial charge >= 0.3 is 0 Å². The zero-order valence-electron chi connectivity index (χ0n) is 12.6. The predicted octanol–water partition coefficient (Wildman–Crippen LogP) is 5.06. The van der Waals surface area contributed by atoms with Crippen molar-refractivity contribution >= 4 is 17.0 Å². The zero-order valence-corrected chi connectivity index (χ0v) is 13.4. The molecule has 0 radical (unpaired) electrons. The minimum absolute atomic E-state index is 0.0421. The summed E-state index contributed by atoms with van der Waals surface area (Å²) >= 11 is 1.70. The van der Waals surface area contributed by atoms with Gasteiger partial charge in [0.1, 0.15) is 5.82 Å². The highest BCUT2D eigenvalue weighted by Crippen LogP contribution is 2.34. The van der Waals surface area contributed by atoms with Crippen LogP contribution in [0.15, 0.2) is 24.3 Å². The maximum Gasteiger partial charge on any atom is 0.146 e. The lowest BCUT2D eigenvalue weighted by Gasteiger charge is -2.15. The molecule has 2 aromatic rings. The van der Waals surface area contributed by atoms with Crippen molar-refractivity contribution < 1.29 is 4.39 Å². The number of para-hydroxylation sites is 1. The normalized spacial score (nSPS) is 13.3. The first-order valence-electron chi connectivity index (χ1n) is 6.78. The van der Waals surface area contributed by atoms with Crippen molar-refractivity contribution in [1.82, 2.24) is 4.98 Å². The third-order valence-electron chi connectivity index (χ3n) is 3.11. The first-order chi connectivity index (χ1) is 9.29. The lowest BCUT2D eigenvalue weighted by molar-refractivity contribution is 0.584. The number of hydrogen-bond acceptors (Lipinski definition) is 3. The third-order valence-corrected chi connectivity index (χ3v) is 4.88. The summed E-state index contributed by atoms with van der Waals surface area (Å²) in [6.07, 6.45) is 0. The van der Waals surface area contributed by atoms with Crippen LogP contribution in [0.2, 0.25) is 0 Å². The van der Waals surface area contributed by atoms with Crippen LogP contribution in [0.1, 0.15) is 49.3 Å². The summed E-state index contributed by atoms with van der Waals surface area (Å²) in [7, 11) is 0. The summed E-state index contributed by atoms with van der Waals surface area (Å²) in [5.74, 6) is -0.224. The van der Waals surface area contributed by atoms with E-state index >= 15 is 0 Å².